The number of amides is 1. The molecule has 0 aliphatic rings. The number of benzene rings is 1. The van der Waals surface area contributed by atoms with Crippen LogP contribution >= 0.6 is 27.5 Å². The Hall–Kier alpha value is -1.27. The molecule has 0 aliphatic heterocycles. The molecule has 0 heterocycles. The van der Waals surface area contributed by atoms with E-state index in [1.54, 1.807) is 25.1 Å². The molecule has 20 heavy (non-hydrogen) atoms. The minimum absolute atomic E-state index is 0.224. The van der Waals surface area contributed by atoms with Gasteiger partial charge in [-0.2, -0.15) is 0 Å². The van der Waals surface area contributed by atoms with Gasteiger partial charge in [0, 0.05) is 10.5 Å². The average molecular weight is 365 g/mol. The molecule has 1 aromatic carbocycles. The van der Waals surface area contributed by atoms with Gasteiger partial charge in [0.1, 0.15) is 5.75 Å². The molecular weight excluding hydrogens is 350 g/mol. The first kappa shape index (κ1) is 16.8. The number of carboxylic acids is 1. The summed E-state index contributed by atoms with van der Waals surface area (Å²) in [4.78, 5) is 22.4. The first-order valence-electron chi connectivity index (χ1n) is 5.91. The maximum atomic E-state index is 11.7. The maximum absolute atomic E-state index is 11.7. The number of hydrogen-bond acceptors (Lipinski definition) is 3. The molecule has 1 amide bonds. The van der Waals surface area contributed by atoms with Crippen molar-refractivity contribution in [1.29, 1.82) is 0 Å². The van der Waals surface area contributed by atoms with Gasteiger partial charge in [-0.3, -0.25) is 9.59 Å². The third-order valence-corrected chi connectivity index (χ3v) is 3.57. The first-order chi connectivity index (χ1) is 9.31. The number of carboxylic acid groups (broad SMARTS) is 1. The molecule has 0 aromatic heterocycles. The van der Waals surface area contributed by atoms with Gasteiger partial charge in [0.15, 0.2) is 6.61 Å². The van der Waals surface area contributed by atoms with E-state index in [1.165, 1.54) is 6.92 Å². The van der Waals surface area contributed by atoms with Crippen LogP contribution in [0.25, 0.3) is 0 Å². The highest BCUT2D eigenvalue weighted by atomic mass is 79.9. The fraction of sp³-hybridized carbons (Fsp3) is 0.385. The maximum Gasteiger partial charge on any atom is 0.308 e. The van der Waals surface area contributed by atoms with E-state index < -0.39 is 23.8 Å². The van der Waals surface area contributed by atoms with Gasteiger partial charge < -0.3 is 15.2 Å². The van der Waals surface area contributed by atoms with Crippen LogP contribution in [0.1, 0.15) is 13.8 Å². The minimum Gasteiger partial charge on any atom is -0.482 e. The highest BCUT2D eigenvalue weighted by molar-refractivity contribution is 9.10. The number of carbonyl (C=O) groups is 2. The Balaban J connectivity index is 2.49. The minimum atomic E-state index is -0.963. The summed E-state index contributed by atoms with van der Waals surface area (Å²) in [6.45, 7) is 2.93. The van der Waals surface area contributed by atoms with Gasteiger partial charge in [-0.15, -0.1) is 0 Å². The van der Waals surface area contributed by atoms with E-state index in [-0.39, 0.29) is 6.61 Å². The van der Waals surface area contributed by atoms with Gasteiger partial charge in [0.2, 0.25) is 0 Å². The lowest BCUT2D eigenvalue weighted by Crippen LogP contribution is -2.42. The van der Waals surface area contributed by atoms with Crippen molar-refractivity contribution in [3.63, 3.8) is 0 Å². The molecule has 110 valence electrons. The highest BCUT2D eigenvalue weighted by Crippen LogP contribution is 2.27. The molecule has 0 spiro atoms. The molecule has 0 fully saturated rings. The Morgan fingerprint density at radius 2 is 2.10 bits per heavy atom. The zero-order valence-electron chi connectivity index (χ0n) is 11.0. The number of aliphatic carboxylic acids is 1. The van der Waals surface area contributed by atoms with Crippen molar-refractivity contribution < 1.29 is 19.4 Å². The van der Waals surface area contributed by atoms with Crippen molar-refractivity contribution in [3.8, 4) is 5.75 Å². The average Bonchev–Trinajstić information content (AvgIpc) is 2.36. The Kier molecular flexibility index (Phi) is 6.29. The molecule has 2 unspecified atom stereocenters. The van der Waals surface area contributed by atoms with Gasteiger partial charge in [-0.1, -0.05) is 27.5 Å². The van der Waals surface area contributed by atoms with Crippen LogP contribution in [0.4, 0.5) is 0 Å². The smallest absolute Gasteiger partial charge is 0.308 e. The zero-order valence-corrected chi connectivity index (χ0v) is 13.4. The quantitative estimate of drug-likeness (QED) is 0.814. The van der Waals surface area contributed by atoms with Crippen molar-refractivity contribution in [1.82, 2.24) is 5.32 Å². The van der Waals surface area contributed by atoms with Crippen LogP contribution in [-0.4, -0.2) is 29.6 Å². The Morgan fingerprint density at radius 3 is 2.65 bits per heavy atom. The second kappa shape index (κ2) is 7.50. The van der Waals surface area contributed by atoms with E-state index in [4.69, 9.17) is 21.4 Å². The van der Waals surface area contributed by atoms with E-state index in [0.717, 1.165) is 4.47 Å². The van der Waals surface area contributed by atoms with Gasteiger partial charge in [-0.05, 0) is 32.0 Å². The van der Waals surface area contributed by atoms with Crippen molar-refractivity contribution in [2.45, 2.75) is 19.9 Å². The largest absolute Gasteiger partial charge is 0.482 e. The van der Waals surface area contributed by atoms with Crippen LogP contribution < -0.4 is 10.1 Å². The summed E-state index contributed by atoms with van der Waals surface area (Å²) in [6.07, 6.45) is 0. The number of hydrogen-bond donors (Lipinski definition) is 2. The van der Waals surface area contributed by atoms with Gasteiger partial charge >= 0.3 is 5.97 Å². The van der Waals surface area contributed by atoms with Gasteiger partial charge in [-0.25, -0.2) is 0 Å². The monoisotopic (exact) mass is 363 g/mol. The standard InChI is InChI=1S/C13H15BrClNO4/c1-7(13(18)19)8(2)16-12(17)6-20-11-4-3-9(14)5-10(11)15/h3-5,7-8H,6H2,1-2H3,(H,16,17)(H,18,19). The summed E-state index contributed by atoms with van der Waals surface area (Å²) in [5.74, 6) is -1.64. The first-order valence-corrected chi connectivity index (χ1v) is 7.08. The van der Waals surface area contributed by atoms with Crippen LogP contribution in [0.3, 0.4) is 0 Å². The Bertz CT molecular complexity index is 509. The van der Waals surface area contributed by atoms with Crippen molar-refractivity contribution in [3.05, 3.63) is 27.7 Å². The van der Waals surface area contributed by atoms with Crippen LogP contribution in [0, 0.1) is 5.92 Å². The molecule has 0 bridgehead atoms. The lowest BCUT2D eigenvalue weighted by atomic mass is 10.0. The predicted octanol–water partition coefficient (Wildman–Crippen LogP) is 2.71. The molecule has 7 heteroatoms. The van der Waals surface area contributed by atoms with Crippen molar-refractivity contribution in [2.24, 2.45) is 5.92 Å². The van der Waals surface area contributed by atoms with Crippen LogP contribution in [0.5, 0.6) is 5.75 Å². The normalized spacial score (nSPS) is 13.4. The third-order valence-electron chi connectivity index (χ3n) is 2.78. The molecule has 0 saturated carbocycles. The molecule has 2 N–H and O–H groups in total. The molecule has 0 aliphatic carbocycles. The number of carbonyl (C=O) groups excluding carboxylic acids is 1. The summed E-state index contributed by atoms with van der Waals surface area (Å²) in [5.41, 5.74) is 0. The number of ether oxygens (including phenoxy) is 1. The lowest BCUT2D eigenvalue weighted by molar-refractivity contribution is -0.142. The van der Waals surface area contributed by atoms with Gasteiger partial charge in [0.05, 0.1) is 10.9 Å². The van der Waals surface area contributed by atoms with Crippen LogP contribution in [-0.2, 0) is 9.59 Å². The van der Waals surface area contributed by atoms with E-state index in [0.29, 0.717) is 10.8 Å². The number of nitrogens with one attached hydrogen (secondary N) is 1. The molecule has 2 atom stereocenters. The second-order valence-electron chi connectivity index (χ2n) is 4.35. The molecule has 0 saturated heterocycles. The zero-order chi connectivity index (χ0) is 15.3. The van der Waals surface area contributed by atoms with Crippen molar-refractivity contribution in [2.75, 3.05) is 6.61 Å². The summed E-state index contributed by atoms with van der Waals surface area (Å²) in [7, 11) is 0. The van der Waals surface area contributed by atoms with Crippen LogP contribution in [0.15, 0.2) is 22.7 Å². The lowest BCUT2D eigenvalue weighted by Gasteiger charge is -2.18. The summed E-state index contributed by atoms with van der Waals surface area (Å²) >= 11 is 9.21. The SMILES string of the molecule is CC(NC(=O)COc1ccc(Br)cc1Cl)C(C)C(=O)O. The molecular formula is C13H15BrClNO4. The fourth-order valence-electron chi connectivity index (χ4n) is 1.37. The highest BCUT2D eigenvalue weighted by Gasteiger charge is 2.21. The summed E-state index contributed by atoms with van der Waals surface area (Å²) in [6, 6.07) is 4.56. The third kappa shape index (κ3) is 5.02. The summed E-state index contributed by atoms with van der Waals surface area (Å²) in [5, 5.41) is 11.8. The van der Waals surface area contributed by atoms with E-state index in [9.17, 15) is 9.59 Å². The number of rotatable bonds is 6. The van der Waals surface area contributed by atoms with E-state index >= 15 is 0 Å². The topological polar surface area (TPSA) is 75.6 Å². The molecule has 5 nitrogen and oxygen atoms in total. The Labute approximate surface area is 130 Å². The molecule has 0 radical (unpaired) electrons. The molecule has 1 aromatic rings. The van der Waals surface area contributed by atoms with E-state index in [2.05, 4.69) is 21.2 Å². The number of halogens is 2. The van der Waals surface area contributed by atoms with Crippen molar-refractivity contribution >= 4 is 39.4 Å². The predicted molar refractivity (Wildman–Crippen MR) is 79.1 cm³/mol. The summed E-state index contributed by atoms with van der Waals surface area (Å²) < 4.78 is 6.09. The Morgan fingerprint density at radius 1 is 1.45 bits per heavy atom. The fourth-order valence-corrected chi connectivity index (χ4v) is 2.10. The second-order valence-corrected chi connectivity index (χ2v) is 5.67. The van der Waals surface area contributed by atoms with Crippen LogP contribution in [0.2, 0.25) is 5.02 Å². The van der Waals surface area contributed by atoms with Gasteiger partial charge in [0.25, 0.3) is 5.91 Å². The van der Waals surface area contributed by atoms with E-state index in [1.807, 2.05) is 0 Å². The molecule has 1 rings (SSSR count).